The van der Waals surface area contributed by atoms with Crippen molar-refractivity contribution in [3.63, 3.8) is 0 Å². The van der Waals surface area contributed by atoms with Crippen LogP contribution in [0.5, 0.6) is 5.75 Å². The van der Waals surface area contributed by atoms with E-state index < -0.39 is 6.36 Å². The van der Waals surface area contributed by atoms with Crippen molar-refractivity contribution in [2.75, 3.05) is 0 Å². The van der Waals surface area contributed by atoms with Crippen LogP contribution in [0.2, 0.25) is 0 Å². The van der Waals surface area contributed by atoms with Crippen LogP contribution in [0.3, 0.4) is 0 Å². The highest BCUT2D eigenvalue weighted by molar-refractivity contribution is 6.01. The molecule has 86 valence electrons. The number of ether oxygens (including phenoxy) is 1. The van der Waals surface area contributed by atoms with E-state index in [0.29, 0.717) is 17.5 Å². The summed E-state index contributed by atoms with van der Waals surface area (Å²) < 4.78 is 39.7. The van der Waals surface area contributed by atoms with Gasteiger partial charge in [0.2, 0.25) is 0 Å². The lowest BCUT2D eigenvalue weighted by Gasteiger charge is -2.10. The maximum Gasteiger partial charge on any atom is 0.573 e. The molecular weight excluding hydrogens is 221 g/mol. The zero-order chi connectivity index (χ0) is 11.9. The van der Waals surface area contributed by atoms with E-state index in [2.05, 4.69) is 4.74 Å². The molecule has 5 heteroatoms. The Morgan fingerprint density at radius 1 is 1.38 bits per heavy atom. The molecule has 1 aromatic rings. The fourth-order valence-corrected chi connectivity index (χ4v) is 1.90. The second kappa shape index (κ2) is 3.50. The van der Waals surface area contributed by atoms with Crippen LogP contribution in [0.25, 0.3) is 0 Å². The molecule has 0 aliphatic heterocycles. The van der Waals surface area contributed by atoms with E-state index in [1.165, 1.54) is 18.2 Å². The normalized spacial score (nSPS) is 19.8. The van der Waals surface area contributed by atoms with Crippen LogP contribution in [0.1, 0.15) is 35.2 Å². The van der Waals surface area contributed by atoms with E-state index in [0.717, 1.165) is 0 Å². The lowest BCUT2D eigenvalue weighted by molar-refractivity contribution is -0.274. The van der Waals surface area contributed by atoms with Crippen LogP contribution in [0.15, 0.2) is 18.2 Å². The Hall–Kier alpha value is -1.52. The third-order valence-electron chi connectivity index (χ3n) is 2.58. The van der Waals surface area contributed by atoms with E-state index >= 15 is 0 Å². The summed E-state index contributed by atoms with van der Waals surface area (Å²) in [5.41, 5.74) is 1.13. The molecule has 1 aromatic carbocycles. The van der Waals surface area contributed by atoms with Gasteiger partial charge in [0.1, 0.15) is 5.75 Å². The SMILES string of the molecule is CC1CC(=O)c2ccc(OC(F)(F)F)cc21. The molecule has 1 aliphatic rings. The second-order valence-electron chi connectivity index (χ2n) is 3.83. The van der Waals surface area contributed by atoms with Crippen molar-refractivity contribution in [1.82, 2.24) is 0 Å². The van der Waals surface area contributed by atoms with E-state index in [4.69, 9.17) is 0 Å². The molecule has 0 radical (unpaired) electrons. The van der Waals surface area contributed by atoms with Gasteiger partial charge in [-0.2, -0.15) is 0 Å². The first-order valence-corrected chi connectivity index (χ1v) is 4.80. The minimum Gasteiger partial charge on any atom is -0.406 e. The first-order chi connectivity index (χ1) is 7.37. The highest BCUT2D eigenvalue weighted by atomic mass is 19.4. The molecule has 0 bridgehead atoms. The number of hydrogen-bond acceptors (Lipinski definition) is 2. The molecule has 0 heterocycles. The molecule has 0 amide bonds. The molecule has 0 N–H and O–H groups in total. The van der Waals surface area contributed by atoms with Crippen molar-refractivity contribution in [2.24, 2.45) is 0 Å². The third kappa shape index (κ3) is 2.03. The number of carbonyl (C=O) groups excluding carboxylic acids is 1. The van der Waals surface area contributed by atoms with Crippen LogP contribution in [0.4, 0.5) is 13.2 Å². The zero-order valence-corrected chi connectivity index (χ0v) is 8.47. The number of ketones is 1. The van der Waals surface area contributed by atoms with Crippen molar-refractivity contribution in [2.45, 2.75) is 25.6 Å². The molecule has 2 rings (SSSR count). The minimum absolute atomic E-state index is 0.0268. The van der Waals surface area contributed by atoms with E-state index in [1.807, 2.05) is 0 Å². The molecule has 0 saturated carbocycles. The van der Waals surface area contributed by atoms with Gasteiger partial charge in [0.15, 0.2) is 5.78 Å². The Kier molecular flexibility index (Phi) is 2.40. The zero-order valence-electron chi connectivity index (χ0n) is 8.47. The van der Waals surface area contributed by atoms with Crippen LogP contribution < -0.4 is 4.74 Å². The maximum absolute atomic E-state index is 12.0. The summed E-state index contributed by atoms with van der Waals surface area (Å²) in [6.45, 7) is 1.81. The van der Waals surface area contributed by atoms with Gasteiger partial charge in [0.05, 0.1) is 0 Å². The second-order valence-corrected chi connectivity index (χ2v) is 3.83. The van der Waals surface area contributed by atoms with Crippen LogP contribution in [-0.4, -0.2) is 12.1 Å². The standard InChI is InChI=1S/C11H9F3O2/c1-6-4-10(15)8-3-2-7(5-9(6)8)16-11(12,13)14/h2-3,5-6H,4H2,1H3. The van der Waals surface area contributed by atoms with Crippen LogP contribution in [0, 0.1) is 0 Å². The Morgan fingerprint density at radius 3 is 2.69 bits per heavy atom. The summed E-state index contributed by atoms with van der Waals surface area (Å²) in [6.07, 6.45) is -4.34. The first-order valence-electron chi connectivity index (χ1n) is 4.80. The van der Waals surface area contributed by atoms with Gasteiger partial charge in [-0.3, -0.25) is 4.79 Å². The summed E-state index contributed by atoms with van der Waals surface area (Å²) in [4.78, 5) is 11.4. The highest BCUT2D eigenvalue weighted by Crippen LogP contribution is 2.36. The van der Waals surface area contributed by atoms with Crippen molar-refractivity contribution in [1.29, 1.82) is 0 Å². The molecule has 1 aliphatic carbocycles. The minimum atomic E-state index is -4.69. The molecule has 16 heavy (non-hydrogen) atoms. The number of halogens is 3. The Labute approximate surface area is 90.0 Å². The number of rotatable bonds is 1. The van der Waals surface area contributed by atoms with Gasteiger partial charge in [0, 0.05) is 12.0 Å². The topological polar surface area (TPSA) is 26.3 Å². The van der Waals surface area contributed by atoms with Crippen molar-refractivity contribution < 1.29 is 22.7 Å². The summed E-state index contributed by atoms with van der Waals surface area (Å²) >= 11 is 0. The molecule has 0 fully saturated rings. The molecule has 2 nitrogen and oxygen atoms in total. The average molecular weight is 230 g/mol. The number of fused-ring (bicyclic) bond motifs is 1. The van der Waals surface area contributed by atoms with Crippen molar-refractivity contribution in [3.8, 4) is 5.75 Å². The fraction of sp³-hybridized carbons (Fsp3) is 0.364. The average Bonchev–Trinajstić information content (AvgIpc) is 2.40. The number of alkyl halides is 3. The van der Waals surface area contributed by atoms with Crippen LogP contribution >= 0.6 is 0 Å². The fourth-order valence-electron chi connectivity index (χ4n) is 1.90. The van der Waals surface area contributed by atoms with E-state index in [-0.39, 0.29) is 17.5 Å². The van der Waals surface area contributed by atoms with Gasteiger partial charge >= 0.3 is 6.36 Å². The Balaban J connectivity index is 2.33. The molecule has 1 unspecified atom stereocenters. The van der Waals surface area contributed by atoms with Gasteiger partial charge in [-0.25, -0.2) is 0 Å². The largest absolute Gasteiger partial charge is 0.573 e. The monoisotopic (exact) mass is 230 g/mol. The van der Waals surface area contributed by atoms with Gasteiger partial charge < -0.3 is 4.74 Å². The summed E-state index contributed by atoms with van der Waals surface area (Å²) in [6, 6.07) is 3.85. The number of hydrogen-bond donors (Lipinski definition) is 0. The van der Waals surface area contributed by atoms with Crippen LogP contribution in [-0.2, 0) is 0 Å². The third-order valence-corrected chi connectivity index (χ3v) is 2.58. The lowest BCUT2D eigenvalue weighted by atomic mass is 10.0. The Morgan fingerprint density at radius 2 is 2.06 bits per heavy atom. The maximum atomic E-state index is 12.0. The summed E-state index contributed by atoms with van der Waals surface area (Å²) in [5, 5.41) is 0. The number of carbonyl (C=O) groups is 1. The molecule has 0 aromatic heterocycles. The highest BCUT2D eigenvalue weighted by Gasteiger charge is 2.32. The van der Waals surface area contributed by atoms with E-state index in [9.17, 15) is 18.0 Å². The van der Waals surface area contributed by atoms with Gasteiger partial charge in [0.25, 0.3) is 0 Å². The quantitative estimate of drug-likeness (QED) is 0.740. The number of benzene rings is 1. The predicted molar refractivity (Wildman–Crippen MR) is 50.5 cm³/mol. The summed E-state index contributed by atoms with van der Waals surface area (Å²) in [5.74, 6) is -0.340. The molecule has 0 saturated heterocycles. The molecule has 0 spiro atoms. The predicted octanol–water partition coefficient (Wildman–Crippen LogP) is 3.28. The summed E-state index contributed by atoms with van der Waals surface area (Å²) in [7, 11) is 0. The smallest absolute Gasteiger partial charge is 0.406 e. The van der Waals surface area contributed by atoms with Gasteiger partial charge in [-0.15, -0.1) is 13.2 Å². The van der Waals surface area contributed by atoms with Crippen molar-refractivity contribution >= 4 is 5.78 Å². The first kappa shape index (κ1) is 11.0. The van der Waals surface area contributed by atoms with E-state index in [1.54, 1.807) is 6.92 Å². The van der Waals surface area contributed by atoms with Gasteiger partial charge in [-0.05, 0) is 29.7 Å². The Bertz CT molecular complexity index is 437. The molecular formula is C11H9F3O2. The lowest BCUT2D eigenvalue weighted by Crippen LogP contribution is -2.17. The number of Topliss-reactive ketones (excluding diaryl/α,β-unsaturated/α-hetero) is 1. The van der Waals surface area contributed by atoms with Gasteiger partial charge in [-0.1, -0.05) is 6.92 Å². The van der Waals surface area contributed by atoms with Crippen molar-refractivity contribution in [3.05, 3.63) is 29.3 Å². The molecule has 1 atom stereocenters.